The molecule has 0 aromatic heterocycles. The average molecular weight is 229 g/mol. The molecule has 3 heteroatoms. The van der Waals surface area contributed by atoms with Gasteiger partial charge in [0.05, 0.1) is 0 Å². The zero-order valence-electron chi connectivity index (χ0n) is 11.1. The van der Waals surface area contributed by atoms with Gasteiger partial charge in [0, 0.05) is 12.5 Å². The van der Waals surface area contributed by atoms with Crippen molar-refractivity contribution in [2.75, 3.05) is 0 Å². The highest BCUT2D eigenvalue weighted by Crippen LogP contribution is 2.29. The standard InChI is InChI=1S/C13H27NO2/c1-10(2)5-6-11(14)9-13(3,4)8-7-12(15)16/h10-11H,5-9,14H2,1-4H3,(H,15,16). The van der Waals surface area contributed by atoms with Crippen LogP contribution >= 0.6 is 0 Å². The first-order chi connectivity index (χ1) is 7.23. The molecular weight excluding hydrogens is 202 g/mol. The fraction of sp³-hybridized carbons (Fsp3) is 0.923. The molecule has 0 aliphatic heterocycles. The molecule has 0 saturated carbocycles. The molecule has 16 heavy (non-hydrogen) atoms. The Morgan fingerprint density at radius 1 is 1.31 bits per heavy atom. The van der Waals surface area contributed by atoms with Crippen LogP contribution in [0.25, 0.3) is 0 Å². The minimum absolute atomic E-state index is 0.0365. The summed E-state index contributed by atoms with van der Waals surface area (Å²) >= 11 is 0. The van der Waals surface area contributed by atoms with Crippen molar-refractivity contribution < 1.29 is 9.90 Å². The summed E-state index contributed by atoms with van der Waals surface area (Å²) in [6.45, 7) is 8.60. The van der Waals surface area contributed by atoms with E-state index in [1.165, 1.54) is 0 Å². The quantitative estimate of drug-likeness (QED) is 0.672. The lowest BCUT2D eigenvalue weighted by atomic mass is 9.80. The van der Waals surface area contributed by atoms with Crippen LogP contribution in [0.5, 0.6) is 0 Å². The molecule has 3 nitrogen and oxygen atoms in total. The number of aliphatic carboxylic acids is 1. The highest BCUT2D eigenvalue weighted by Gasteiger charge is 2.22. The Hall–Kier alpha value is -0.570. The van der Waals surface area contributed by atoms with Gasteiger partial charge in [-0.1, -0.05) is 27.7 Å². The SMILES string of the molecule is CC(C)CCC(N)CC(C)(C)CCC(=O)O. The molecule has 1 atom stereocenters. The van der Waals surface area contributed by atoms with Gasteiger partial charge in [0.1, 0.15) is 0 Å². The second kappa shape index (κ2) is 6.89. The molecule has 0 fully saturated rings. The lowest BCUT2D eigenvalue weighted by Crippen LogP contribution is -2.28. The van der Waals surface area contributed by atoms with Crippen LogP contribution in [0.1, 0.15) is 59.8 Å². The van der Waals surface area contributed by atoms with Crippen molar-refractivity contribution in [2.24, 2.45) is 17.1 Å². The number of carboxylic acids is 1. The Morgan fingerprint density at radius 3 is 2.31 bits per heavy atom. The molecule has 0 amide bonds. The van der Waals surface area contributed by atoms with Crippen molar-refractivity contribution in [3.05, 3.63) is 0 Å². The lowest BCUT2D eigenvalue weighted by molar-refractivity contribution is -0.137. The Labute approximate surface area is 99.4 Å². The van der Waals surface area contributed by atoms with Gasteiger partial charge in [-0.25, -0.2) is 0 Å². The monoisotopic (exact) mass is 229 g/mol. The third-order valence-electron chi connectivity index (χ3n) is 2.95. The highest BCUT2D eigenvalue weighted by atomic mass is 16.4. The Kier molecular flexibility index (Phi) is 6.65. The second-order valence-corrected chi connectivity index (χ2v) is 5.99. The molecule has 0 aromatic rings. The van der Waals surface area contributed by atoms with E-state index in [2.05, 4.69) is 27.7 Å². The topological polar surface area (TPSA) is 63.3 Å². The van der Waals surface area contributed by atoms with Crippen molar-refractivity contribution in [3.63, 3.8) is 0 Å². The Morgan fingerprint density at radius 2 is 1.88 bits per heavy atom. The van der Waals surface area contributed by atoms with Gasteiger partial charge in [0.2, 0.25) is 0 Å². The third-order valence-corrected chi connectivity index (χ3v) is 2.95. The lowest BCUT2D eigenvalue weighted by Gasteiger charge is -2.27. The zero-order chi connectivity index (χ0) is 12.8. The minimum atomic E-state index is -0.719. The van der Waals surface area contributed by atoms with Gasteiger partial charge in [-0.2, -0.15) is 0 Å². The van der Waals surface area contributed by atoms with Gasteiger partial charge in [-0.3, -0.25) is 4.79 Å². The van der Waals surface area contributed by atoms with Crippen molar-refractivity contribution >= 4 is 5.97 Å². The van der Waals surface area contributed by atoms with E-state index < -0.39 is 5.97 Å². The first-order valence-electron chi connectivity index (χ1n) is 6.20. The molecule has 0 bridgehead atoms. The molecule has 0 aliphatic carbocycles. The fourth-order valence-corrected chi connectivity index (χ4v) is 1.91. The predicted molar refractivity (Wildman–Crippen MR) is 67.3 cm³/mol. The first kappa shape index (κ1) is 15.4. The molecule has 96 valence electrons. The summed E-state index contributed by atoms with van der Waals surface area (Å²) in [5, 5.41) is 8.66. The van der Waals surface area contributed by atoms with E-state index in [1.807, 2.05) is 0 Å². The van der Waals surface area contributed by atoms with E-state index >= 15 is 0 Å². The number of carbonyl (C=O) groups is 1. The number of nitrogens with two attached hydrogens (primary N) is 1. The summed E-state index contributed by atoms with van der Waals surface area (Å²) in [4.78, 5) is 10.5. The van der Waals surface area contributed by atoms with E-state index in [1.54, 1.807) is 0 Å². The number of rotatable bonds is 8. The Balaban J connectivity index is 3.89. The number of carboxylic acid groups (broad SMARTS) is 1. The molecule has 0 spiro atoms. The summed E-state index contributed by atoms with van der Waals surface area (Å²) in [5.41, 5.74) is 6.10. The first-order valence-corrected chi connectivity index (χ1v) is 6.20. The second-order valence-electron chi connectivity index (χ2n) is 5.99. The van der Waals surface area contributed by atoms with Gasteiger partial charge >= 0.3 is 5.97 Å². The molecule has 0 heterocycles. The van der Waals surface area contributed by atoms with Crippen LogP contribution in [0.15, 0.2) is 0 Å². The molecule has 0 radical (unpaired) electrons. The van der Waals surface area contributed by atoms with Gasteiger partial charge < -0.3 is 10.8 Å². The summed E-state index contributed by atoms with van der Waals surface area (Å²) in [7, 11) is 0. The normalized spacial score (nSPS) is 14.1. The minimum Gasteiger partial charge on any atom is -0.481 e. The summed E-state index contributed by atoms with van der Waals surface area (Å²) < 4.78 is 0. The summed E-state index contributed by atoms with van der Waals surface area (Å²) in [6.07, 6.45) is 4.04. The smallest absolute Gasteiger partial charge is 0.303 e. The van der Waals surface area contributed by atoms with Gasteiger partial charge in [0.15, 0.2) is 0 Å². The molecule has 1 unspecified atom stereocenters. The maximum absolute atomic E-state index is 10.5. The van der Waals surface area contributed by atoms with Crippen LogP contribution in [-0.2, 0) is 4.79 Å². The van der Waals surface area contributed by atoms with Crippen molar-refractivity contribution in [3.8, 4) is 0 Å². The highest BCUT2D eigenvalue weighted by molar-refractivity contribution is 5.66. The summed E-state index contributed by atoms with van der Waals surface area (Å²) in [5.74, 6) is -0.0305. The fourth-order valence-electron chi connectivity index (χ4n) is 1.91. The summed E-state index contributed by atoms with van der Waals surface area (Å²) in [6, 6.07) is 0.200. The molecule has 0 aliphatic rings. The molecule has 0 saturated heterocycles. The van der Waals surface area contributed by atoms with Crippen LogP contribution in [-0.4, -0.2) is 17.1 Å². The van der Waals surface area contributed by atoms with Crippen LogP contribution in [0.4, 0.5) is 0 Å². The van der Waals surface area contributed by atoms with E-state index in [9.17, 15) is 4.79 Å². The van der Waals surface area contributed by atoms with Crippen molar-refractivity contribution in [1.82, 2.24) is 0 Å². The van der Waals surface area contributed by atoms with E-state index in [0.29, 0.717) is 12.3 Å². The van der Waals surface area contributed by atoms with Crippen LogP contribution in [0, 0.1) is 11.3 Å². The largest absolute Gasteiger partial charge is 0.481 e. The Bertz CT molecular complexity index is 212. The van der Waals surface area contributed by atoms with Gasteiger partial charge in [0.25, 0.3) is 0 Å². The van der Waals surface area contributed by atoms with Crippen molar-refractivity contribution in [1.29, 1.82) is 0 Å². The average Bonchev–Trinajstić information content (AvgIpc) is 2.11. The van der Waals surface area contributed by atoms with Gasteiger partial charge in [-0.15, -0.1) is 0 Å². The number of hydrogen-bond acceptors (Lipinski definition) is 2. The van der Waals surface area contributed by atoms with Gasteiger partial charge in [-0.05, 0) is 37.0 Å². The molecule has 3 N–H and O–H groups in total. The zero-order valence-corrected chi connectivity index (χ0v) is 11.1. The third kappa shape index (κ3) is 8.72. The molecule has 0 aromatic carbocycles. The van der Waals surface area contributed by atoms with E-state index in [-0.39, 0.29) is 17.9 Å². The molecule has 0 rings (SSSR count). The molecular formula is C13H27NO2. The van der Waals surface area contributed by atoms with E-state index in [0.717, 1.165) is 19.3 Å². The van der Waals surface area contributed by atoms with Crippen LogP contribution in [0.3, 0.4) is 0 Å². The maximum Gasteiger partial charge on any atom is 0.303 e. The van der Waals surface area contributed by atoms with E-state index in [4.69, 9.17) is 10.8 Å². The number of hydrogen-bond donors (Lipinski definition) is 2. The van der Waals surface area contributed by atoms with Crippen molar-refractivity contribution in [2.45, 2.75) is 65.8 Å². The van der Waals surface area contributed by atoms with Crippen LogP contribution in [0.2, 0.25) is 0 Å². The maximum atomic E-state index is 10.5. The predicted octanol–water partition coefficient (Wildman–Crippen LogP) is 3.03. The van der Waals surface area contributed by atoms with Crippen LogP contribution < -0.4 is 5.73 Å².